The minimum absolute atomic E-state index is 0.0453. The molecule has 0 aliphatic carbocycles. The van der Waals surface area contributed by atoms with E-state index in [1.54, 1.807) is 12.1 Å². The minimum Gasteiger partial charge on any atom is -0.497 e. The first-order valence-corrected chi connectivity index (χ1v) is 8.05. The van der Waals surface area contributed by atoms with E-state index in [9.17, 15) is 22.4 Å². The van der Waals surface area contributed by atoms with E-state index in [-0.39, 0.29) is 11.1 Å². The van der Waals surface area contributed by atoms with Crippen molar-refractivity contribution in [3.05, 3.63) is 66.0 Å². The van der Waals surface area contributed by atoms with Crippen molar-refractivity contribution in [1.82, 2.24) is 0 Å². The molecule has 0 N–H and O–H groups in total. The average Bonchev–Trinajstić information content (AvgIpc) is 2.67. The van der Waals surface area contributed by atoms with Gasteiger partial charge in [0.05, 0.1) is 12.7 Å². The molecule has 0 aliphatic rings. The van der Waals surface area contributed by atoms with Crippen LogP contribution in [0.5, 0.6) is 17.2 Å². The fourth-order valence-electron chi connectivity index (χ4n) is 2.48. The smallest absolute Gasteiger partial charge is 0.422 e. The van der Waals surface area contributed by atoms with E-state index >= 15 is 0 Å². The third-order valence-corrected chi connectivity index (χ3v) is 3.82. The molecule has 8 heteroatoms. The third kappa shape index (κ3) is 4.51. The molecule has 0 heterocycles. The summed E-state index contributed by atoms with van der Waals surface area (Å²) in [6.45, 7) is -1.59. The summed E-state index contributed by atoms with van der Waals surface area (Å²) in [4.78, 5) is 12.2. The summed E-state index contributed by atoms with van der Waals surface area (Å²) in [5.41, 5.74) is 0.294. The zero-order valence-electron chi connectivity index (χ0n) is 14.5. The molecule has 146 valence electrons. The maximum Gasteiger partial charge on any atom is 0.422 e. The predicted octanol–water partition coefficient (Wildman–Crippen LogP) is 5.15. The summed E-state index contributed by atoms with van der Waals surface area (Å²) in [7, 11) is 1.50. The lowest BCUT2D eigenvalue weighted by Crippen LogP contribution is -2.19. The molecular formula is C20H14F4O4. The number of hydrogen-bond acceptors (Lipinski definition) is 4. The van der Waals surface area contributed by atoms with Gasteiger partial charge in [-0.15, -0.1) is 0 Å². The number of hydrogen-bond donors (Lipinski definition) is 0. The van der Waals surface area contributed by atoms with Gasteiger partial charge < -0.3 is 14.2 Å². The van der Waals surface area contributed by atoms with Crippen LogP contribution in [0.15, 0.2) is 54.6 Å². The van der Waals surface area contributed by atoms with E-state index in [0.717, 1.165) is 6.07 Å². The Balaban J connectivity index is 1.79. The van der Waals surface area contributed by atoms with Gasteiger partial charge in [0.25, 0.3) is 0 Å². The molecule has 0 atom stereocenters. The van der Waals surface area contributed by atoms with Gasteiger partial charge in [-0.25, -0.2) is 9.18 Å². The standard InChI is InChI=1S/C20H14F4O4/c1-26-14-5-2-12(3-6-14)19(25)28-15-7-8-16-13(10-15)4-9-17(18(16)21)27-11-20(22,23)24/h2-10H,11H2,1H3. The number of esters is 1. The van der Waals surface area contributed by atoms with Crippen molar-refractivity contribution in [3.63, 3.8) is 0 Å². The van der Waals surface area contributed by atoms with Crippen LogP contribution in [0.25, 0.3) is 10.8 Å². The van der Waals surface area contributed by atoms with Crippen LogP contribution in [0.4, 0.5) is 17.6 Å². The van der Waals surface area contributed by atoms with Gasteiger partial charge in [0, 0.05) is 5.39 Å². The second-order valence-electron chi connectivity index (χ2n) is 5.78. The summed E-state index contributed by atoms with van der Waals surface area (Å²) in [6.07, 6.45) is -4.57. The zero-order chi connectivity index (χ0) is 20.3. The fourth-order valence-corrected chi connectivity index (χ4v) is 2.48. The van der Waals surface area contributed by atoms with Crippen LogP contribution in [0.2, 0.25) is 0 Å². The Bertz CT molecular complexity index is 997. The summed E-state index contributed by atoms with van der Waals surface area (Å²) in [5.74, 6) is -1.30. The first-order valence-electron chi connectivity index (χ1n) is 8.05. The van der Waals surface area contributed by atoms with Gasteiger partial charge in [0.15, 0.2) is 18.2 Å². The van der Waals surface area contributed by atoms with Crippen LogP contribution in [0.3, 0.4) is 0 Å². The van der Waals surface area contributed by atoms with E-state index in [2.05, 4.69) is 4.74 Å². The Morgan fingerprint density at radius 1 is 0.964 bits per heavy atom. The maximum atomic E-state index is 14.4. The van der Waals surface area contributed by atoms with Gasteiger partial charge in [-0.1, -0.05) is 6.07 Å². The number of carbonyl (C=O) groups is 1. The van der Waals surface area contributed by atoms with Gasteiger partial charge in [-0.3, -0.25) is 0 Å². The number of fused-ring (bicyclic) bond motifs is 1. The molecule has 3 rings (SSSR count). The number of rotatable bonds is 5. The van der Waals surface area contributed by atoms with E-state index in [1.807, 2.05) is 0 Å². The van der Waals surface area contributed by atoms with E-state index in [4.69, 9.17) is 9.47 Å². The van der Waals surface area contributed by atoms with Gasteiger partial charge in [-0.2, -0.15) is 13.2 Å². The van der Waals surface area contributed by atoms with Crippen LogP contribution in [-0.2, 0) is 0 Å². The predicted molar refractivity (Wildman–Crippen MR) is 93.4 cm³/mol. The Hall–Kier alpha value is -3.29. The van der Waals surface area contributed by atoms with Crippen LogP contribution >= 0.6 is 0 Å². The lowest BCUT2D eigenvalue weighted by molar-refractivity contribution is -0.153. The molecule has 0 bridgehead atoms. The van der Waals surface area contributed by atoms with Crippen molar-refractivity contribution in [2.45, 2.75) is 6.18 Å². The van der Waals surface area contributed by atoms with Crippen LogP contribution in [0.1, 0.15) is 10.4 Å². The topological polar surface area (TPSA) is 44.8 Å². The molecule has 0 spiro atoms. The Labute approximate surface area is 157 Å². The van der Waals surface area contributed by atoms with Crippen molar-refractivity contribution in [1.29, 1.82) is 0 Å². The molecule has 3 aromatic carbocycles. The molecule has 0 aliphatic heterocycles. The summed E-state index contributed by atoms with van der Waals surface area (Å²) in [5, 5.41) is 0.390. The average molecular weight is 394 g/mol. The highest BCUT2D eigenvalue weighted by atomic mass is 19.4. The van der Waals surface area contributed by atoms with E-state index in [0.29, 0.717) is 16.7 Å². The molecule has 0 aromatic heterocycles. The molecule has 3 aromatic rings. The Morgan fingerprint density at radius 2 is 1.64 bits per heavy atom. The highest BCUT2D eigenvalue weighted by Gasteiger charge is 2.29. The molecule has 0 radical (unpaired) electrons. The van der Waals surface area contributed by atoms with Gasteiger partial charge in [-0.05, 0) is 53.9 Å². The summed E-state index contributed by atoms with van der Waals surface area (Å²) < 4.78 is 65.8. The zero-order valence-corrected chi connectivity index (χ0v) is 14.5. The number of methoxy groups -OCH3 is 1. The molecule has 0 unspecified atom stereocenters. The van der Waals surface area contributed by atoms with Crippen LogP contribution in [0, 0.1) is 5.82 Å². The number of alkyl halides is 3. The number of benzene rings is 3. The van der Waals surface area contributed by atoms with Crippen molar-refractivity contribution >= 4 is 16.7 Å². The van der Waals surface area contributed by atoms with Gasteiger partial charge >= 0.3 is 12.1 Å². The SMILES string of the molecule is COc1ccc(C(=O)Oc2ccc3c(F)c(OCC(F)(F)F)ccc3c2)cc1. The van der Waals surface area contributed by atoms with Crippen molar-refractivity contribution in [2.75, 3.05) is 13.7 Å². The molecular weight excluding hydrogens is 380 g/mol. The molecule has 0 saturated carbocycles. The highest BCUT2D eigenvalue weighted by Crippen LogP contribution is 2.30. The number of carbonyl (C=O) groups excluding carboxylic acids is 1. The summed E-state index contributed by atoms with van der Waals surface area (Å²) in [6, 6.07) is 12.8. The Kier molecular flexibility index (Phi) is 5.39. The van der Waals surface area contributed by atoms with Crippen LogP contribution < -0.4 is 14.2 Å². The monoisotopic (exact) mass is 394 g/mol. The van der Waals surface area contributed by atoms with E-state index < -0.39 is 30.3 Å². The second kappa shape index (κ2) is 7.75. The first kappa shape index (κ1) is 19.5. The second-order valence-corrected chi connectivity index (χ2v) is 5.78. The normalized spacial score (nSPS) is 11.3. The largest absolute Gasteiger partial charge is 0.497 e. The quantitative estimate of drug-likeness (QED) is 0.341. The van der Waals surface area contributed by atoms with Gasteiger partial charge in [0.2, 0.25) is 0 Å². The van der Waals surface area contributed by atoms with Gasteiger partial charge in [0.1, 0.15) is 11.5 Å². The van der Waals surface area contributed by atoms with Crippen LogP contribution in [-0.4, -0.2) is 25.9 Å². The van der Waals surface area contributed by atoms with E-state index in [1.165, 1.54) is 43.5 Å². The lowest BCUT2D eigenvalue weighted by Gasteiger charge is -2.12. The minimum atomic E-state index is -4.57. The summed E-state index contributed by atoms with van der Waals surface area (Å²) >= 11 is 0. The molecule has 28 heavy (non-hydrogen) atoms. The lowest BCUT2D eigenvalue weighted by atomic mass is 10.1. The highest BCUT2D eigenvalue weighted by molar-refractivity contribution is 5.92. The van der Waals surface area contributed by atoms with Crippen molar-refractivity contribution in [2.24, 2.45) is 0 Å². The number of halogens is 4. The molecule has 0 amide bonds. The first-order chi connectivity index (χ1) is 13.3. The number of ether oxygens (including phenoxy) is 3. The molecule has 0 fully saturated rings. The Morgan fingerprint density at radius 3 is 2.29 bits per heavy atom. The molecule has 0 saturated heterocycles. The van der Waals surface area contributed by atoms with Crippen molar-refractivity contribution in [3.8, 4) is 17.2 Å². The fraction of sp³-hybridized carbons (Fsp3) is 0.150. The third-order valence-electron chi connectivity index (χ3n) is 3.82. The molecule has 4 nitrogen and oxygen atoms in total. The maximum absolute atomic E-state index is 14.4. The van der Waals surface area contributed by atoms with Crippen molar-refractivity contribution < 1.29 is 36.6 Å².